The molecule has 3 amide bonds. The highest BCUT2D eigenvalue weighted by Gasteiger charge is 2.45. The molecule has 3 aliphatic rings. The lowest BCUT2D eigenvalue weighted by Gasteiger charge is -2.42. The fourth-order valence-corrected chi connectivity index (χ4v) is 3.47. The van der Waals surface area contributed by atoms with E-state index in [0.717, 1.165) is 18.0 Å². The molecule has 24 heavy (non-hydrogen) atoms. The van der Waals surface area contributed by atoms with E-state index in [1.165, 1.54) is 0 Å². The maximum atomic E-state index is 12.5. The molecule has 0 aromatic heterocycles. The van der Waals surface area contributed by atoms with Crippen LogP contribution in [0.25, 0.3) is 0 Å². The van der Waals surface area contributed by atoms with Crippen molar-refractivity contribution in [2.75, 3.05) is 46.4 Å². The van der Waals surface area contributed by atoms with E-state index in [9.17, 15) is 27.6 Å². The molecule has 7 nitrogen and oxygen atoms in total. The highest BCUT2D eigenvalue weighted by Crippen LogP contribution is 2.27. The quantitative estimate of drug-likeness (QED) is 0.679. The molecule has 134 valence electrons. The molecule has 0 spiro atoms. The van der Waals surface area contributed by atoms with E-state index in [2.05, 4.69) is 4.90 Å². The van der Waals surface area contributed by atoms with Gasteiger partial charge in [0.15, 0.2) is 0 Å². The minimum absolute atomic E-state index is 0.0585. The van der Waals surface area contributed by atoms with Gasteiger partial charge in [-0.3, -0.25) is 14.4 Å². The molecule has 3 aliphatic heterocycles. The fraction of sp³-hybridized carbons (Fsp3) is 0.786. The molecule has 3 heterocycles. The number of rotatable bonds is 3. The normalized spacial score (nSPS) is 26.5. The number of hydrogen-bond acceptors (Lipinski definition) is 4. The van der Waals surface area contributed by atoms with Crippen molar-refractivity contribution in [2.45, 2.75) is 18.6 Å². The first-order valence-corrected chi connectivity index (χ1v) is 7.75. The predicted molar refractivity (Wildman–Crippen MR) is 75.5 cm³/mol. The molecule has 0 radical (unpaired) electrons. The summed E-state index contributed by atoms with van der Waals surface area (Å²) in [6.45, 7) is -0.290. The Morgan fingerprint density at radius 1 is 1.17 bits per heavy atom. The molecule has 3 fully saturated rings. The molecule has 0 aromatic carbocycles. The zero-order chi connectivity index (χ0) is 17.6. The van der Waals surface area contributed by atoms with Crippen molar-refractivity contribution in [3.8, 4) is 0 Å². The minimum atomic E-state index is -4.49. The van der Waals surface area contributed by atoms with E-state index in [4.69, 9.17) is 0 Å². The van der Waals surface area contributed by atoms with Crippen molar-refractivity contribution >= 4 is 17.7 Å². The van der Waals surface area contributed by atoms with Crippen molar-refractivity contribution in [2.24, 2.45) is 5.92 Å². The molecule has 0 N–H and O–H groups in total. The molecule has 0 aliphatic carbocycles. The standard InChI is InChI=1S/C14H19F3N4O3/c1-18-4-10(5-18)21-3-9(2-11(21)22)13(24)19-6-12(23)20(8-19)7-14(15,16)17/h9-10H,2-8H2,1H3. The summed E-state index contributed by atoms with van der Waals surface area (Å²) in [6.07, 6.45) is -4.44. The Morgan fingerprint density at radius 3 is 2.42 bits per heavy atom. The van der Waals surface area contributed by atoms with Gasteiger partial charge in [0.25, 0.3) is 0 Å². The highest BCUT2D eigenvalue weighted by molar-refractivity contribution is 5.93. The zero-order valence-electron chi connectivity index (χ0n) is 13.3. The summed E-state index contributed by atoms with van der Waals surface area (Å²) < 4.78 is 37.3. The Morgan fingerprint density at radius 2 is 1.83 bits per heavy atom. The van der Waals surface area contributed by atoms with Crippen LogP contribution in [0.1, 0.15) is 6.42 Å². The number of alkyl halides is 3. The Hall–Kier alpha value is -1.84. The first-order chi connectivity index (χ1) is 11.1. The van der Waals surface area contributed by atoms with Crippen molar-refractivity contribution in [3.05, 3.63) is 0 Å². The van der Waals surface area contributed by atoms with Gasteiger partial charge in [-0.25, -0.2) is 0 Å². The largest absolute Gasteiger partial charge is 0.406 e. The summed E-state index contributed by atoms with van der Waals surface area (Å²) >= 11 is 0. The van der Waals surface area contributed by atoms with E-state index in [-0.39, 0.29) is 38.1 Å². The second kappa shape index (κ2) is 5.91. The number of likely N-dealkylation sites (N-methyl/N-ethyl adjacent to an activating group) is 1. The van der Waals surface area contributed by atoms with E-state index < -0.39 is 30.5 Å². The van der Waals surface area contributed by atoms with Crippen molar-refractivity contribution < 1.29 is 27.6 Å². The summed E-state index contributed by atoms with van der Waals surface area (Å²) in [5, 5.41) is 0. The fourth-order valence-electron chi connectivity index (χ4n) is 3.47. The predicted octanol–water partition coefficient (Wildman–Crippen LogP) is -0.660. The average molecular weight is 348 g/mol. The van der Waals surface area contributed by atoms with Crippen molar-refractivity contribution in [3.63, 3.8) is 0 Å². The molecule has 10 heteroatoms. The summed E-state index contributed by atoms with van der Waals surface area (Å²) in [5.41, 5.74) is 0. The van der Waals surface area contributed by atoms with Crippen LogP contribution < -0.4 is 0 Å². The number of carbonyl (C=O) groups is 3. The summed E-state index contributed by atoms with van der Waals surface area (Å²) in [5.74, 6) is -1.83. The summed E-state index contributed by atoms with van der Waals surface area (Å²) in [4.78, 5) is 41.7. The molecular weight excluding hydrogens is 329 g/mol. The molecule has 3 saturated heterocycles. The smallest absolute Gasteiger partial charge is 0.336 e. The molecule has 1 atom stereocenters. The number of likely N-dealkylation sites (tertiary alicyclic amines) is 2. The Balaban J connectivity index is 1.57. The summed E-state index contributed by atoms with van der Waals surface area (Å²) in [6, 6.07) is 0.0993. The lowest BCUT2D eigenvalue weighted by Crippen LogP contribution is -2.58. The topological polar surface area (TPSA) is 64.2 Å². The number of nitrogens with zero attached hydrogens (tertiary/aromatic N) is 4. The molecule has 0 bridgehead atoms. The van der Waals surface area contributed by atoms with Gasteiger partial charge < -0.3 is 19.6 Å². The monoisotopic (exact) mass is 348 g/mol. The second-order valence-corrected chi connectivity index (χ2v) is 6.71. The van der Waals surface area contributed by atoms with Gasteiger partial charge in [-0.15, -0.1) is 0 Å². The van der Waals surface area contributed by atoms with Crippen LogP contribution in [0.4, 0.5) is 13.2 Å². The first kappa shape index (κ1) is 17.0. The van der Waals surface area contributed by atoms with Crippen LogP contribution >= 0.6 is 0 Å². The Kier molecular flexibility index (Phi) is 4.18. The number of hydrogen-bond donors (Lipinski definition) is 0. The SMILES string of the molecule is CN1CC(N2CC(C(=O)N3CC(=O)N(CC(F)(F)F)C3)CC2=O)C1. The van der Waals surface area contributed by atoms with Gasteiger partial charge in [-0.1, -0.05) is 0 Å². The van der Waals surface area contributed by atoms with Crippen LogP contribution in [0, 0.1) is 5.92 Å². The van der Waals surface area contributed by atoms with Crippen molar-refractivity contribution in [1.29, 1.82) is 0 Å². The second-order valence-electron chi connectivity index (χ2n) is 6.71. The lowest BCUT2D eigenvalue weighted by atomic mass is 10.1. The zero-order valence-corrected chi connectivity index (χ0v) is 13.3. The Labute approximate surface area is 136 Å². The highest BCUT2D eigenvalue weighted by atomic mass is 19.4. The van der Waals surface area contributed by atoms with Crippen LogP contribution in [0.15, 0.2) is 0 Å². The molecule has 0 saturated carbocycles. The van der Waals surface area contributed by atoms with Gasteiger partial charge in [0.2, 0.25) is 17.7 Å². The molecule has 0 aromatic rings. The van der Waals surface area contributed by atoms with Crippen LogP contribution in [0.5, 0.6) is 0 Å². The van der Waals surface area contributed by atoms with E-state index >= 15 is 0 Å². The summed E-state index contributed by atoms with van der Waals surface area (Å²) in [7, 11) is 1.94. The Bertz CT molecular complexity index is 562. The number of amides is 3. The molecule has 1 unspecified atom stereocenters. The molecule has 3 rings (SSSR count). The maximum Gasteiger partial charge on any atom is 0.406 e. The van der Waals surface area contributed by atoms with Gasteiger partial charge in [0.05, 0.1) is 18.6 Å². The van der Waals surface area contributed by atoms with E-state index in [0.29, 0.717) is 4.90 Å². The van der Waals surface area contributed by atoms with Crippen LogP contribution in [0.2, 0.25) is 0 Å². The number of carbonyl (C=O) groups excluding carboxylic acids is 3. The first-order valence-electron chi connectivity index (χ1n) is 7.75. The van der Waals surface area contributed by atoms with Crippen molar-refractivity contribution in [1.82, 2.24) is 19.6 Å². The third-order valence-corrected chi connectivity index (χ3v) is 4.70. The van der Waals surface area contributed by atoms with E-state index in [1.54, 1.807) is 4.90 Å². The van der Waals surface area contributed by atoms with Crippen LogP contribution in [-0.2, 0) is 14.4 Å². The lowest BCUT2D eigenvalue weighted by molar-refractivity contribution is -0.158. The van der Waals surface area contributed by atoms with Gasteiger partial charge in [-0.05, 0) is 7.05 Å². The van der Waals surface area contributed by atoms with Gasteiger partial charge in [0, 0.05) is 26.1 Å². The average Bonchev–Trinajstić information content (AvgIpc) is 2.97. The third kappa shape index (κ3) is 3.33. The van der Waals surface area contributed by atoms with Crippen LogP contribution in [0.3, 0.4) is 0 Å². The number of halogens is 3. The van der Waals surface area contributed by atoms with Gasteiger partial charge in [-0.2, -0.15) is 13.2 Å². The van der Waals surface area contributed by atoms with Gasteiger partial charge in [0.1, 0.15) is 13.1 Å². The van der Waals surface area contributed by atoms with Gasteiger partial charge >= 0.3 is 6.18 Å². The molecular formula is C14H19F3N4O3. The maximum absolute atomic E-state index is 12.5. The minimum Gasteiger partial charge on any atom is -0.336 e. The van der Waals surface area contributed by atoms with E-state index in [1.807, 2.05) is 7.05 Å². The third-order valence-electron chi connectivity index (χ3n) is 4.70. The van der Waals surface area contributed by atoms with Crippen LogP contribution in [-0.4, -0.2) is 96.0 Å².